The van der Waals surface area contributed by atoms with Crippen LogP contribution in [0.2, 0.25) is 0 Å². The Kier molecular flexibility index (Phi) is 7.36. The molecule has 8 nitrogen and oxygen atoms in total. The molecule has 0 unspecified atom stereocenters. The summed E-state index contributed by atoms with van der Waals surface area (Å²) in [6.07, 6.45) is -3.03. The maximum atomic E-state index is 14.1. The predicted octanol–water partition coefficient (Wildman–Crippen LogP) is 5.15. The van der Waals surface area contributed by atoms with E-state index < -0.39 is 35.5 Å². The molecule has 4 aromatic rings. The molecule has 41 heavy (non-hydrogen) atoms. The fraction of sp³-hybridized carbons (Fsp3) is 0.200. The van der Waals surface area contributed by atoms with E-state index in [2.05, 4.69) is 15.7 Å². The number of halogens is 3. The summed E-state index contributed by atoms with van der Waals surface area (Å²) in [7, 11) is 0. The van der Waals surface area contributed by atoms with Gasteiger partial charge in [0.15, 0.2) is 0 Å². The van der Waals surface area contributed by atoms with Crippen LogP contribution < -0.4 is 15.5 Å². The summed E-state index contributed by atoms with van der Waals surface area (Å²) >= 11 is 0. The van der Waals surface area contributed by atoms with Gasteiger partial charge in [-0.15, -0.1) is 0 Å². The summed E-state index contributed by atoms with van der Waals surface area (Å²) in [4.78, 5) is 41.0. The molecule has 1 aromatic heterocycles. The van der Waals surface area contributed by atoms with E-state index in [4.69, 9.17) is 0 Å². The molecule has 11 heteroatoms. The first-order valence-electron chi connectivity index (χ1n) is 12.9. The minimum absolute atomic E-state index is 0.236. The third kappa shape index (κ3) is 5.30. The van der Waals surface area contributed by atoms with E-state index in [-0.39, 0.29) is 18.0 Å². The number of amides is 3. The Balaban J connectivity index is 1.66. The van der Waals surface area contributed by atoms with Crippen LogP contribution in [0.5, 0.6) is 0 Å². The smallest absolute Gasteiger partial charge is 0.339 e. The van der Waals surface area contributed by atoms with Gasteiger partial charge in [0.1, 0.15) is 11.9 Å². The number of nitrogens with zero attached hydrogens (tertiary/aromatic N) is 3. The molecule has 1 aliphatic rings. The monoisotopic (exact) mass is 561 g/mol. The van der Waals surface area contributed by atoms with Crippen molar-refractivity contribution < 1.29 is 27.6 Å². The summed E-state index contributed by atoms with van der Waals surface area (Å²) in [5, 5.41) is 10.1. The van der Waals surface area contributed by atoms with Crippen molar-refractivity contribution >= 4 is 29.2 Å². The number of benzene rings is 3. The number of nitrogens with one attached hydrogen (secondary N) is 2. The Morgan fingerprint density at radius 3 is 2.34 bits per heavy atom. The number of likely N-dealkylation sites (N-methyl/N-ethyl adjacent to an activating group) is 1. The van der Waals surface area contributed by atoms with Crippen molar-refractivity contribution in [3.63, 3.8) is 0 Å². The van der Waals surface area contributed by atoms with Gasteiger partial charge in [-0.1, -0.05) is 42.5 Å². The zero-order chi connectivity index (χ0) is 29.3. The van der Waals surface area contributed by atoms with Crippen LogP contribution in [0.3, 0.4) is 0 Å². The van der Waals surface area contributed by atoms with Gasteiger partial charge in [0.2, 0.25) is 5.91 Å². The second-order valence-electron chi connectivity index (χ2n) is 9.53. The summed E-state index contributed by atoms with van der Waals surface area (Å²) < 4.78 is 41.7. The molecule has 5 rings (SSSR count). The molecule has 3 aromatic carbocycles. The largest absolute Gasteiger partial charge is 0.416 e. The summed E-state index contributed by atoms with van der Waals surface area (Å²) in [6, 6.07) is 18.9. The molecule has 0 spiro atoms. The van der Waals surface area contributed by atoms with E-state index in [9.17, 15) is 27.6 Å². The average molecular weight is 562 g/mol. The van der Waals surface area contributed by atoms with Crippen LogP contribution >= 0.6 is 0 Å². The summed E-state index contributed by atoms with van der Waals surface area (Å²) in [5.41, 5.74) is 1.06. The highest BCUT2D eigenvalue weighted by Crippen LogP contribution is 2.43. The third-order valence-corrected chi connectivity index (χ3v) is 6.89. The minimum Gasteiger partial charge on any atom is -0.339 e. The number of rotatable bonds is 6. The van der Waals surface area contributed by atoms with Crippen LogP contribution in [-0.2, 0) is 15.8 Å². The van der Waals surface area contributed by atoms with Crippen molar-refractivity contribution in [2.75, 3.05) is 16.8 Å². The predicted molar refractivity (Wildman–Crippen MR) is 147 cm³/mol. The fourth-order valence-electron chi connectivity index (χ4n) is 5.13. The lowest BCUT2D eigenvalue weighted by Gasteiger charge is -2.38. The van der Waals surface area contributed by atoms with E-state index in [1.165, 1.54) is 17.9 Å². The van der Waals surface area contributed by atoms with Crippen molar-refractivity contribution in [2.45, 2.75) is 32.0 Å². The number of anilines is 2. The number of carbonyl (C=O) groups is 3. The molecule has 2 N–H and O–H groups in total. The van der Waals surface area contributed by atoms with Gasteiger partial charge in [0.25, 0.3) is 11.8 Å². The molecular weight excluding hydrogens is 535 g/mol. The number of carbonyl (C=O) groups excluding carboxylic acids is 3. The van der Waals surface area contributed by atoms with Gasteiger partial charge in [0, 0.05) is 36.2 Å². The van der Waals surface area contributed by atoms with Gasteiger partial charge >= 0.3 is 6.18 Å². The second-order valence-corrected chi connectivity index (χ2v) is 9.53. The van der Waals surface area contributed by atoms with E-state index in [0.29, 0.717) is 28.3 Å². The first kappa shape index (κ1) is 27.6. The van der Waals surface area contributed by atoms with E-state index in [0.717, 1.165) is 18.2 Å². The minimum atomic E-state index is -4.64. The highest BCUT2D eigenvalue weighted by Gasteiger charge is 2.45. The Morgan fingerprint density at radius 2 is 1.66 bits per heavy atom. The van der Waals surface area contributed by atoms with E-state index >= 15 is 0 Å². The maximum absolute atomic E-state index is 14.1. The van der Waals surface area contributed by atoms with Crippen LogP contribution in [0.4, 0.5) is 24.7 Å². The highest BCUT2D eigenvalue weighted by atomic mass is 19.4. The van der Waals surface area contributed by atoms with Gasteiger partial charge in [-0.2, -0.15) is 18.3 Å². The number of aromatic nitrogens is 2. The van der Waals surface area contributed by atoms with Crippen molar-refractivity contribution in [3.8, 4) is 5.69 Å². The number of alkyl halides is 3. The van der Waals surface area contributed by atoms with Crippen LogP contribution in [0.1, 0.15) is 46.8 Å². The molecule has 0 aliphatic carbocycles. The number of hydrogen-bond donors (Lipinski definition) is 2. The Labute approximate surface area is 233 Å². The lowest BCUT2D eigenvalue weighted by atomic mass is 9.81. The number of hydrogen-bond acceptors (Lipinski definition) is 4. The van der Waals surface area contributed by atoms with E-state index in [1.54, 1.807) is 42.1 Å². The highest BCUT2D eigenvalue weighted by molar-refractivity contribution is 6.05. The number of para-hydroxylation sites is 2. The lowest BCUT2D eigenvalue weighted by molar-refractivity contribution is -0.137. The van der Waals surface area contributed by atoms with Crippen LogP contribution in [0, 0.1) is 0 Å². The molecule has 1 aliphatic heterocycles. The van der Waals surface area contributed by atoms with Crippen molar-refractivity contribution in [1.29, 1.82) is 0 Å². The Hall–Kier alpha value is -4.93. The van der Waals surface area contributed by atoms with Gasteiger partial charge in [-0.05, 0) is 48.9 Å². The van der Waals surface area contributed by atoms with Crippen LogP contribution in [0.15, 0.2) is 85.1 Å². The van der Waals surface area contributed by atoms with E-state index in [1.807, 2.05) is 30.3 Å². The van der Waals surface area contributed by atoms with Crippen LogP contribution in [-0.4, -0.2) is 40.1 Å². The second kappa shape index (κ2) is 10.9. The zero-order valence-electron chi connectivity index (χ0n) is 22.1. The van der Waals surface area contributed by atoms with Gasteiger partial charge < -0.3 is 10.6 Å². The van der Waals surface area contributed by atoms with Gasteiger partial charge in [-0.3, -0.25) is 19.3 Å². The molecular formula is C30H26F3N5O3. The maximum Gasteiger partial charge on any atom is 0.416 e. The molecule has 3 amide bonds. The van der Waals surface area contributed by atoms with Crippen molar-refractivity contribution in [1.82, 2.24) is 15.1 Å². The standard InChI is InChI=1S/C30H26F3N5O3/c1-3-37-28-23(17-34-38(28)21-12-5-4-6-13-21)25(22-14-7-8-15-24(22)35-18(2)39)26(29(37)41)36-27(40)19-10-9-11-20(16-19)30(31,32)33/h4-17,25-26H,3H2,1-2H3,(H,35,39)(H,36,40)/t25-,26+/m0/s1. The summed E-state index contributed by atoms with van der Waals surface area (Å²) in [6.45, 7) is 3.37. The van der Waals surface area contributed by atoms with Crippen molar-refractivity contribution in [2.24, 2.45) is 0 Å². The topological polar surface area (TPSA) is 96.3 Å². The number of fused-ring (bicyclic) bond motifs is 1. The zero-order valence-corrected chi connectivity index (χ0v) is 22.1. The first-order valence-corrected chi connectivity index (χ1v) is 12.9. The van der Waals surface area contributed by atoms with Gasteiger partial charge in [0.05, 0.1) is 17.4 Å². The molecule has 0 fully saturated rings. The first-order chi connectivity index (χ1) is 19.6. The van der Waals surface area contributed by atoms with Crippen LogP contribution in [0.25, 0.3) is 5.69 Å². The third-order valence-electron chi connectivity index (χ3n) is 6.89. The van der Waals surface area contributed by atoms with Crippen molar-refractivity contribution in [3.05, 3.63) is 107 Å². The summed E-state index contributed by atoms with van der Waals surface area (Å²) in [5.74, 6) is -1.97. The molecule has 0 bridgehead atoms. The molecule has 210 valence electrons. The average Bonchev–Trinajstić information content (AvgIpc) is 3.38. The Morgan fingerprint density at radius 1 is 0.951 bits per heavy atom. The molecule has 2 atom stereocenters. The molecule has 0 radical (unpaired) electrons. The lowest BCUT2D eigenvalue weighted by Crippen LogP contribution is -2.55. The Bertz CT molecular complexity index is 1620. The molecule has 2 heterocycles. The molecule has 0 saturated carbocycles. The fourth-order valence-corrected chi connectivity index (χ4v) is 5.13. The normalized spacial score (nSPS) is 16.7. The molecule has 0 saturated heterocycles. The van der Waals surface area contributed by atoms with Gasteiger partial charge in [-0.25, -0.2) is 4.68 Å². The SMILES string of the molecule is CCN1C(=O)[C@H](NC(=O)c2cccc(C(F)(F)F)c2)[C@@H](c2ccccc2NC(C)=O)c2cnn(-c3ccccc3)c21. The quantitative estimate of drug-likeness (QED) is 0.341.